The van der Waals surface area contributed by atoms with E-state index in [4.69, 9.17) is 21.1 Å². The topological polar surface area (TPSA) is 51.0 Å². The Balaban J connectivity index is 1.80. The van der Waals surface area contributed by atoms with Crippen molar-refractivity contribution < 1.29 is 14.6 Å². The van der Waals surface area contributed by atoms with Crippen molar-refractivity contribution in [3.8, 4) is 17.2 Å². The summed E-state index contributed by atoms with van der Waals surface area (Å²) in [6.45, 7) is 0.329. The van der Waals surface area contributed by atoms with Crippen LogP contribution in [0.15, 0.2) is 70.1 Å². The molecule has 0 heterocycles. The number of phenolic OH excluding ortho intramolecular Hbond substituents is 1. The van der Waals surface area contributed by atoms with E-state index >= 15 is 0 Å². The molecule has 0 spiro atoms. The number of aliphatic imine (C=N–C) groups is 1. The summed E-state index contributed by atoms with van der Waals surface area (Å²) in [5, 5.41) is 9.99. The molecular weight excluding hydrogens is 430 g/mol. The Kier molecular flexibility index (Phi) is 6.37. The van der Waals surface area contributed by atoms with E-state index in [1.165, 1.54) is 0 Å². The Morgan fingerprint density at radius 3 is 2.56 bits per heavy atom. The molecule has 0 atom stereocenters. The van der Waals surface area contributed by atoms with Crippen LogP contribution in [0.4, 0.5) is 5.69 Å². The van der Waals surface area contributed by atoms with Gasteiger partial charge in [-0.15, -0.1) is 0 Å². The van der Waals surface area contributed by atoms with E-state index < -0.39 is 0 Å². The Hall–Kier alpha value is -2.50. The molecule has 1 N–H and O–H groups in total. The summed E-state index contributed by atoms with van der Waals surface area (Å²) in [6, 6.07) is 17.9. The molecule has 0 fully saturated rings. The van der Waals surface area contributed by atoms with Gasteiger partial charge in [0, 0.05) is 16.8 Å². The fraction of sp³-hybridized carbons (Fsp3) is 0.0952. The van der Waals surface area contributed by atoms with E-state index in [2.05, 4.69) is 20.9 Å². The number of benzene rings is 3. The highest BCUT2D eigenvalue weighted by atomic mass is 79.9. The van der Waals surface area contributed by atoms with E-state index in [0.29, 0.717) is 23.1 Å². The van der Waals surface area contributed by atoms with Crippen LogP contribution in [-0.2, 0) is 6.61 Å². The number of aromatic hydroxyl groups is 1. The summed E-state index contributed by atoms with van der Waals surface area (Å²) in [5.74, 6) is 1.39. The van der Waals surface area contributed by atoms with Gasteiger partial charge in [0.2, 0.25) is 0 Å². The molecule has 4 nitrogen and oxygen atoms in total. The Morgan fingerprint density at radius 1 is 1.11 bits per heavy atom. The third kappa shape index (κ3) is 5.02. The van der Waals surface area contributed by atoms with Crippen molar-refractivity contribution in [2.45, 2.75) is 6.61 Å². The van der Waals surface area contributed by atoms with E-state index in [1.54, 1.807) is 37.6 Å². The molecule has 0 radical (unpaired) electrons. The van der Waals surface area contributed by atoms with Gasteiger partial charge in [0.1, 0.15) is 12.4 Å². The van der Waals surface area contributed by atoms with Crippen molar-refractivity contribution in [1.82, 2.24) is 0 Å². The predicted molar refractivity (Wildman–Crippen MR) is 112 cm³/mol. The summed E-state index contributed by atoms with van der Waals surface area (Å²) < 4.78 is 12.1. The largest absolute Gasteiger partial charge is 0.508 e. The molecule has 0 bridgehead atoms. The van der Waals surface area contributed by atoms with E-state index in [0.717, 1.165) is 21.3 Å². The number of methoxy groups -OCH3 is 1. The van der Waals surface area contributed by atoms with Crippen molar-refractivity contribution in [3.63, 3.8) is 0 Å². The summed E-state index contributed by atoms with van der Waals surface area (Å²) in [4.78, 5) is 4.40. The second kappa shape index (κ2) is 8.93. The first-order valence-corrected chi connectivity index (χ1v) is 9.31. The molecule has 3 rings (SSSR count). The molecule has 0 aliphatic rings. The standard InChI is InChI=1S/C21H17BrClNO3/c1-26-20-11-14(12-24-16-6-8-17(25)9-7-16)10-18(22)21(20)27-13-15-4-2-3-5-19(15)23/h2-12,25H,13H2,1H3. The molecule has 0 aliphatic carbocycles. The van der Waals surface area contributed by atoms with Gasteiger partial charge in [-0.2, -0.15) is 0 Å². The Labute approximate surface area is 171 Å². The Bertz CT molecular complexity index is 958. The van der Waals surface area contributed by atoms with E-state index in [-0.39, 0.29) is 5.75 Å². The van der Waals surface area contributed by atoms with Gasteiger partial charge >= 0.3 is 0 Å². The molecule has 27 heavy (non-hydrogen) atoms. The zero-order valence-electron chi connectivity index (χ0n) is 14.5. The number of phenols is 1. The minimum atomic E-state index is 0.207. The molecule has 6 heteroatoms. The van der Waals surface area contributed by atoms with Crippen molar-refractivity contribution in [3.05, 3.63) is 81.3 Å². The van der Waals surface area contributed by atoms with Crippen LogP contribution in [0.25, 0.3) is 0 Å². The van der Waals surface area contributed by atoms with Crippen LogP contribution in [0.2, 0.25) is 5.02 Å². The number of nitrogens with zero attached hydrogens (tertiary/aromatic N) is 1. The van der Waals surface area contributed by atoms with Crippen LogP contribution in [0.1, 0.15) is 11.1 Å². The van der Waals surface area contributed by atoms with Gasteiger partial charge in [-0.25, -0.2) is 0 Å². The lowest BCUT2D eigenvalue weighted by molar-refractivity contribution is 0.282. The average Bonchev–Trinajstić information content (AvgIpc) is 2.67. The average molecular weight is 447 g/mol. The first kappa shape index (κ1) is 19.3. The van der Waals surface area contributed by atoms with Crippen LogP contribution < -0.4 is 9.47 Å². The van der Waals surface area contributed by atoms with Gasteiger partial charge in [0.05, 0.1) is 17.3 Å². The number of ether oxygens (including phenoxy) is 2. The Morgan fingerprint density at radius 2 is 1.85 bits per heavy atom. The first-order valence-electron chi connectivity index (χ1n) is 8.13. The number of hydrogen-bond donors (Lipinski definition) is 1. The van der Waals surface area contributed by atoms with Crippen molar-refractivity contribution >= 4 is 39.4 Å². The minimum absolute atomic E-state index is 0.207. The normalized spacial score (nSPS) is 10.9. The zero-order valence-corrected chi connectivity index (χ0v) is 16.9. The quantitative estimate of drug-likeness (QED) is 0.462. The first-order chi connectivity index (χ1) is 13.1. The second-order valence-electron chi connectivity index (χ2n) is 5.69. The molecule has 0 saturated carbocycles. The molecule has 0 saturated heterocycles. The lowest BCUT2D eigenvalue weighted by Gasteiger charge is -2.14. The van der Waals surface area contributed by atoms with Crippen molar-refractivity contribution in [2.75, 3.05) is 7.11 Å². The third-order valence-electron chi connectivity index (χ3n) is 3.79. The maximum absolute atomic E-state index is 9.33. The molecule has 0 aliphatic heterocycles. The van der Waals surface area contributed by atoms with Gasteiger partial charge in [0.15, 0.2) is 11.5 Å². The minimum Gasteiger partial charge on any atom is -0.508 e. The molecule has 3 aromatic rings. The SMILES string of the molecule is COc1cc(C=Nc2ccc(O)cc2)cc(Br)c1OCc1ccccc1Cl. The molecule has 0 aromatic heterocycles. The predicted octanol–water partition coefficient (Wildman–Crippen LogP) is 6.15. The van der Waals surface area contributed by atoms with E-state index in [9.17, 15) is 5.11 Å². The smallest absolute Gasteiger partial charge is 0.175 e. The van der Waals surface area contributed by atoms with Gasteiger partial charge in [0.25, 0.3) is 0 Å². The number of halogens is 2. The van der Waals surface area contributed by atoms with Gasteiger partial charge in [-0.1, -0.05) is 29.8 Å². The van der Waals surface area contributed by atoms with E-state index in [1.807, 2.05) is 36.4 Å². The maximum atomic E-state index is 9.33. The molecule has 0 amide bonds. The van der Waals surface area contributed by atoms with Crippen LogP contribution in [-0.4, -0.2) is 18.4 Å². The highest BCUT2D eigenvalue weighted by molar-refractivity contribution is 9.10. The lowest BCUT2D eigenvalue weighted by atomic mass is 10.2. The summed E-state index contributed by atoms with van der Waals surface area (Å²) in [7, 11) is 1.59. The van der Waals surface area contributed by atoms with Crippen LogP contribution in [0.5, 0.6) is 17.2 Å². The molecule has 0 unspecified atom stereocenters. The second-order valence-corrected chi connectivity index (χ2v) is 6.95. The third-order valence-corrected chi connectivity index (χ3v) is 4.75. The highest BCUT2D eigenvalue weighted by Crippen LogP contribution is 2.37. The van der Waals surface area contributed by atoms with Crippen LogP contribution in [0.3, 0.4) is 0 Å². The monoisotopic (exact) mass is 445 g/mol. The molecule has 3 aromatic carbocycles. The lowest BCUT2D eigenvalue weighted by Crippen LogP contribution is -2.00. The fourth-order valence-electron chi connectivity index (χ4n) is 2.41. The number of rotatable bonds is 6. The van der Waals surface area contributed by atoms with Crippen molar-refractivity contribution in [2.24, 2.45) is 4.99 Å². The van der Waals surface area contributed by atoms with Gasteiger partial charge < -0.3 is 14.6 Å². The maximum Gasteiger partial charge on any atom is 0.175 e. The molecule has 138 valence electrons. The van der Waals surface area contributed by atoms with Crippen LogP contribution in [0, 0.1) is 0 Å². The molecular formula is C21H17BrClNO3. The van der Waals surface area contributed by atoms with Crippen LogP contribution >= 0.6 is 27.5 Å². The summed E-state index contributed by atoms with van der Waals surface area (Å²) in [5.41, 5.74) is 2.48. The fourth-order valence-corrected chi connectivity index (χ4v) is 3.17. The summed E-state index contributed by atoms with van der Waals surface area (Å²) >= 11 is 9.72. The van der Waals surface area contributed by atoms with Gasteiger partial charge in [-0.05, 0) is 64.0 Å². The summed E-state index contributed by atoms with van der Waals surface area (Å²) in [6.07, 6.45) is 1.72. The van der Waals surface area contributed by atoms with Crippen molar-refractivity contribution in [1.29, 1.82) is 0 Å². The number of hydrogen-bond acceptors (Lipinski definition) is 4. The highest BCUT2D eigenvalue weighted by Gasteiger charge is 2.12. The van der Waals surface area contributed by atoms with Gasteiger partial charge in [-0.3, -0.25) is 4.99 Å². The zero-order chi connectivity index (χ0) is 19.2.